The van der Waals surface area contributed by atoms with E-state index in [0.717, 1.165) is 42.6 Å². The second-order valence-corrected chi connectivity index (χ2v) is 6.51. The van der Waals surface area contributed by atoms with E-state index >= 15 is 0 Å². The highest BCUT2D eigenvalue weighted by Gasteiger charge is 2.25. The van der Waals surface area contributed by atoms with Crippen LogP contribution in [0.15, 0.2) is 4.47 Å². The van der Waals surface area contributed by atoms with Gasteiger partial charge in [-0.3, -0.25) is 14.4 Å². The molecule has 1 N–H and O–H groups in total. The van der Waals surface area contributed by atoms with Gasteiger partial charge in [0.2, 0.25) is 0 Å². The highest BCUT2D eigenvalue weighted by molar-refractivity contribution is 9.10. The number of likely N-dealkylation sites (tertiary alicyclic amines) is 1. The molecule has 21 heavy (non-hydrogen) atoms. The molecule has 0 radical (unpaired) electrons. The molecule has 2 rings (SSSR count). The minimum atomic E-state index is -0.698. The van der Waals surface area contributed by atoms with E-state index in [1.165, 1.54) is 18.5 Å². The summed E-state index contributed by atoms with van der Waals surface area (Å²) in [6, 6.07) is 0.377. The molecule has 1 saturated heterocycles. The largest absolute Gasteiger partial charge is 0.481 e. The highest BCUT2D eigenvalue weighted by atomic mass is 79.9. The summed E-state index contributed by atoms with van der Waals surface area (Å²) in [6.07, 6.45) is 4.50. The predicted molar refractivity (Wildman–Crippen MR) is 85.3 cm³/mol. The molecule has 118 valence electrons. The molecular weight excluding hydrogens is 334 g/mol. The fraction of sp³-hybridized carbons (Fsp3) is 0.733. The molecule has 0 bridgehead atoms. The Morgan fingerprint density at radius 2 is 2.24 bits per heavy atom. The Hall–Kier alpha value is -0.880. The maximum Gasteiger partial charge on any atom is 0.303 e. The lowest BCUT2D eigenvalue weighted by atomic mass is 9.97. The third-order valence-corrected chi connectivity index (χ3v) is 5.28. The lowest BCUT2D eigenvalue weighted by molar-refractivity contribution is -0.137. The molecule has 2 heterocycles. The molecule has 0 aromatic carbocycles. The zero-order valence-corrected chi connectivity index (χ0v) is 14.4. The molecular formula is C15H24BrN3O2. The first-order valence-electron chi connectivity index (χ1n) is 7.70. The molecule has 0 spiro atoms. The zero-order valence-electron chi connectivity index (χ0n) is 12.8. The van der Waals surface area contributed by atoms with E-state index in [-0.39, 0.29) is 6.42 Å². The van der Waals surface area contributed by atoms with E-state index in [1.54, 1.807) is 0 Å². The van der Waals surface area contributed by atoms with Gasteiger partial charge in [-0.25, -0.2) is 0 Å². The second kappa shape index (κ2) is 7.40. The first-order chi connectivity index (χ1) is 10.0. The number of carbonyl (C=O) groups is 1. The molecule has 6 heteroatoms. The van der Waals surface area contributed by atoms with Gasteiger partial charge in [0.05, 0.1) is 15.9 Å². The molecule has 1 atom stereocenters. The Morgan fingerprint density at radius 1 is 1.48 bits per heavy atom. The van der Waals surface area contributed by atoms with E-state index < -0.39 is 5.97 Å². The van der Waals surface area contributed by atoms with Gasteiger partial charge in [-0.2, -0.15) is 5.10 Å². The second-order valence-electron chi connectivity index (χ2n) is 5.71. The normalized spacial score (nSPS) is 19.9. The summed E-state index contributed by atoms with van der Waals surface area (Å²) in [4.78, 5) is 13.3. The number of nitrogens with zero attached hydrogens (tertiary/aromatic N) is 3. The smallest absolute Gasteiger partial charge is 0.303 e. The number of aromatic nitrogens is 2. The number of piperidine rings is 1. The lowest BCUT2D eigenvalue weighted by Crippen LogP contribution is -2.39. The molecule has 1 fully saturated rings. The number of hydrogen-bond donors (Lipinski definition) is 1. The summed E-state index contributed by atoms with van der Waals surface area (Å²) in [5.41, 5.74) is 2.23. The van der Waals surface area contributed by atoms with Crippen LogP contribution in [-0.4, -0.2) is 38.3 Å². The van der Waals surface area contributed by atoms with Crippen molar-refractivity contribution >= 4 is 21.9 Å². The van der Waals surface area contributed by atoms with E-state index in [2.05, 4.69) is 32.9 Å². The summed E-state index contributed by atoms with van der Waals surface area (Å²) in [6.45, 7) is 6.86. The average Bonchev–Trinajstić information content (AvgIpc) is 2.74. The van der Waals surface area contributed by atoms with Gasteiger partial charge in [0.1, 0.15) is 0 Å². The third-order valence-electron chi connectivity index (χ3n) is 4.25. The number of aryl methyl sites for hydroxylation is 2. The summed E-state index contributed by atoms with van der Waals surface area (Å²) in [5.74, 6) is -0.698. The van der Waals surface area contributed by atoms with Crippen molar-refractivity contribution in [2.75, 3.05) is 6.54 Å². The van der Waals surface area contributed by atoms with Crippen LogP contribution in [0.1, 0.15) is 50.4 Å². The standard InChI is InChI=1S/C15H24BrN3O2/c1-3-19-13(15(16)11(2)17-19)10-18-9-5-4-6-12(18)7-8-14(20)21/h12H,3-10H2,1-2H3,(H,20,21). The van der Waals surface area contributed by atoms with Gasteiger partial charge in [-0.05, 0) is 55.6 Å². The number of halogens is 1. The van der Waals surface area contributed by atoms with Crippen molar-refractivity contribution in [3.05, 3.63) is 15.9 Å². The van der Waals surface area contributed by atoms with E-state index in [9.17, 15) is 4.79 Å². The van der Waals surface area contributed by atoms with Crippen LogP contribution in [0.4, 0.5) is 0 Å². The van der Waals surface area contributed by atoms with E-state index in [4.69, 9.17) is 5.11 Å². The summed E-state index contributed by atoms with van der Waals surface area (Å²) in [7, 11) is 0. The first-order valence-corrected chi connectivity index (χ1v) is 8.49. The summed E-state index contributed by atoms with van der Waals surface area (Å²) < 4.78 is 3.13. The number of carboxylic acids is 1. The van der Waals surface area contributed by atoms with Crippen LogP contribution in [0.25, 0.3) is 0 Å². The number of carboxylic acid groups (broad SMARTS) is 1. The van der Waals surface area contributed by atoms with Crippen molar-refractivity contribution in [1.29, 1.82) is 0 Å². The van der Waals surface area contributed by atoms with Gasteiger partial charge in [-0.1, -0.05) is 6.42 Å². The van der Waals surface area contributed by atoms with Crippen molar-refractivity contribution in [2.45, 2.75) is 65.1 Å². The van der Waals surface area contributed by atoms with Crippen molar-refractivity contribution in [3.63, 3.8) is 0 Å². The van der Waals surface area contributed by atoms with Gasteiger partial charge in [-0.15, -0.1) is 0 Å². The molecule has 1 aliphatic rings. The molecule has 0 amide bonds. The zero-order chi connectivity index (χ0) is 15.4. The third kappa shape index (κ3) is 4.07. The number of rotatable bonds is 6. The van der Waals surface area contributed by atoms with E-state index in [1.807, 2.05) is 11.6 Å². The molecule has 1 unspecified atom stereocenters. The molecule has 5 nitrogen and oxygen atoms in total. The van der Waals surface area contributed by atoms with Crippen LogP contribution in [-0.2, 0) is 17.9 Å². The molecule has 1 aromatic heterocycles. The van der Waals surface area contributed by atoms with Crippen molar-refractivity contribution in [1.82, 2.24) is 14.7 Å². The van der Waals surface area contributed by atoms with Gasteiger partial charge >= 0.3 is 5.97 Å². The quantitative estimate of drug-likeness (QED) is 0.849. The fourth-order valence-corrected chi connectivity index (χ4v) is 3.51. The topological polar surface area (TPSA) is 58.4 Å². The minimum absolute atomic E-state index is 0.258. The Labute approximate surface area is 134 Å². The predicted octanol–water partition coefficient (Wildman–Crippen LogP) is 3.19. The Morgan fingerprint density at radius 3 is 2.90 bits per heavy atom. The molecule has 1 aromatic rings. The lowest BCUT2D eigenvalue weighted by Gasteiger charge is -2.35. The van der Waals surface area contributed by atoms with Crippen molar-refractivity contribution in [3.8, 4) is 0 Å². The van der Waals surface area contributed by atoms with E-state index in [0.29, 0.717) is 6.04 Å². The Kier molecular flexibility index (Phi) is 5.81. The van der Waals surface area contributed by atoms with Crippen LogP contribution in [0.3, 0.4) is 0 Å². The van der Waals surface area contributed by atoms with Crippen LogP contribution in [0.5, 0.6) is 0 Å². The maximum atomic E-state index is 10.8. The van der Waals surface area contributed by atoms with Gasteiger partial charge in [0.15, 0.2) is 0 Å². The number of hydrogen-bond acceptors (Lipinski definition) is 3. The van der Waals surface area contributed by atoms with Crippen molar-refractivity contribution < 1.29 is 9.90 Å². The van der Waals surface area contributed by atoms with Crippen LogP contribution >= 0.6 is 15.9 Å². The fourth-order valence-electron chi connectivity index (χ4n) is 3.10. The van der Waals surface area contributed by atoms with Crippen LogP contribution in [0, 0.1) is 6.92 Å². The summed E-state index contributed by atoms with van der Waals surface area (Å²) in [5, 5.41) is 13.5. The minimum Gasteiger partial charge on any atom is -0.481 e. The Bertz CT molecular complexity index is 501. The van der Waals surface area contributed by atoms with Crippen LogP contribution < -0.4 is 0 Å². The average molecular weight is 358 g/mol. The SMILES string of the molecule is CCn1nc(C)c(Br)c1CN1CCCCC1CCC(=O)O. The molecule has 0 aliphatic carbocycles. The maximum absolute atomic E-state index is 10.8. The van der Waals surface area contributed by atoms with Crippen molar-refractivity contribution in [2.24, 2.45) is 0 Å². The van der Waals surface area contributed by atoms with Gasteiger partial charge in [0, 0.05) is 25.6 Å². The monoisotopic (exact) mass is 357 g/mol. The van der Waals surface area contributed by atoms with Gasteiger partial charge < -0.3 is 5.11 Å². The number of aliphatic carboxylic acids is 1. The van der Waals surface area contributed by atoms with Crippen LogP contribution in [0.2, 0.25) is 0 Å². The molecule has 1 aliphatic heterocycles. The molecule has 0 saturated carbocycles. The van der Waals surface area contributed by atoms with Gasteiger partial charge in [0.25, 0.3) is 0 Å². The first kappa shape index (κ1) is 16.5. The Balaban J connectivity index is 2.10. The highest BCUT2D eigenvalue weighted by Crippen LogP contribution is 2.27. The summed E-state index contributed by atoms with van der Waals surface area (Å²) >= 11 is 3.65.